The third-order valence-electron chi connectivity index (χ3n) is 2.70. The van der Waals surface area contributed by atoms with Gasteiger partial charge in [0.15, 0.2) is 0 Å². The molecule has 0 aliphatic rings. The third kappa shape index (κ3) is 3.53. The maximum absolute atomic E-state index is 3.64. The van der Waals surface area contributed by atoms with E-state index in [0.717, 1.165) is 6.42 Å². The third-order valence-corrected chi connectivity index (χ3v) is 4.83. The van der Waals surface area contributed by atoms with Crippen molar-refractivity contribution < 1.29 is 0 Å². The smallest absolute Gasteiger partial charge is 0.0370 e. The predicted molar refractivity (Wildman–Crippen MR) is 86.7 cm³/mol. The Morgan fingerprint density at radius 2 is 2.24 bits per heavy atom. The monoisotopic (exact) mass is 421 g/mol. The van der Waals surface area contributed by atoms with Gasteiger partial charge in [0.25, 0.3) is 0 Å². The first-order valence-corrected chi connectivity index (χ1v) is 8.15. The first-order chi connectivity index (χ1) is 8.20. The molecule has 1 nitrogen and oxygen atoms in total. The quantitative estimate of drug-likeness (QED) is 0.710. The van der Waals surface area contributed by atoms with Crippen LogP contribution >= 0.6 is 49.9 Å². The zero-order valence-corrected chi connectivity index (χ0v) is 14.0. The van der Waals surface area contributed by atoms with Gasteiger partial charge in [-0.15, -0.1) is 0 Å². The molecule has 2 rings (SSSR count). The molecule has 4 heteroatoms. The Hall–Kier alpha value is 0.0900. The summed E-state index contributed by atoms with van der Waals surface area (Å²) in [4.78, 5) is 0. The van der Waals surface area contributed by atoms with Crippen LogP contribution in [0.1, 0.15) is 17.2 Å². The molecule has 0 amide bonds. The minimum Gasteiger partial charge on any atom is -0.313 e. The molecule has 1 heterocycles. The van der Waals surface area contributed by atoms with Crippen LogP contribution in [0.25, 0.3) is 0 Å². The van der Waals surface area contributed by atoms with Crippen LogP contribution < -0.4 is 5.32 Å². The van der Waals surface area contributed by atoms with E-state index in [1.165, 1.54) is 19.2 Å². The van der Waals surface area contributed by atoms with Gasteiger partial charge in [-0.2, -0.15) is 11.3 Å². The number of likely N-dealkylation sites (N-methyl/N-ethyl adjacent to an activating group) is 1. The lowest BCUT2D eigenvalue weighted by Crippen LogP contribution is -2.19. The van der Waals surface area contributed by atoms with Crippen LogP contribution in [-0.4, -0.2) is 7.05 Å². The van der Waals surface area contributed by atoms with E-state index in [4.69, 9.17) is 0 Å². The molecule has 0 aliphatic heterocycles. The minimum atomic E-state index is 0.355. The molecule has 1 aromatic heterocycles. The average molecular weight is 422 g/mol. The Balaban J connectivity index is 2.25. The highest BCUT2D eigenvalue weighted by Crippen LogP contribution is 2.28. The minimum absolute atomic E-state index is 0.355. The van der Waals surface area contributed by atoms with Gasteiger partial charge in [-0.3, -0.25) is 0 Å². The van der Waals surface area contributed by atoms with Gasteiger partial charge in [0.1, 0.15) is 0 Å². The number of thiophene rings is 1. The zero-order valence-electron chi connectivity index (χ0n) is 9.41. The molecule has 1 aromatic carbocycles. The van der Waals surface area contributed by atoms with Gasteiger partial charge in [0.2, 0.25) is 0 Å². The van der Waals surface area contributed by atoms with Gasteiger partial charge in [-0.05, 0) is 82.2 Å². The molecule has 1 unspecified atom stereocenters. The SMILES string of the molecule is CNC(Cc1ccsc1)c1cc(I)ccc1Br. The second-order valence-corrected chi connectivity index (χ2v) is 6.72. The largest absolute Gasteiger partial charge is 0.313 e. The summed E-state index contributed by atoms with van der Waals surface area (Å²) < 4.78 is 2.44. The Morgan fingerprint density at radius 1 is 1.41 bits per heavy atom. The van der Waals surface area contributed by atoms with E-state index in [-0.39, 0.29) is 0 Å². The summed E-state index contributed by atoms with van der Waals surface area (Å²) in [5.74, 6) is 0. The first-order valence-electron chi connectivity index (χ1n) is 5.34. The molecule has 0 bridgehead atoms. The van der Waals surface area contributed by atoms with Gasteiger partial charge in [0, 0.05) is 14.1 Å². The van der Waals surface area contributed by atoms with Crippen molar-refractivity contribution in [1.82, 2.24) is 5.32 Å². The summed E-state index contributed by atoms with van der Waals surface area (Å²) in [6, 6.07) is 9.02. The Bertz CT molecular complexity index is 484. The number of benzene rings is 1. The average Bonchev–Trinajstić information content (AvgIpc) is 2.82. The molecule has 0 saturated heterocycles. The number of nitrogens with one attached hydrogen (secondary N) is 1. The van der Waals surface area contributed by atoms with Crippen molar-refractivity contribution in [3.63, 3.8) is 0 Å². The molecular formula is C13H13BrINS. The molecule has 1 N–H and O–H groups in total. The number of hydrogen-bond acceptors (Lipinski definition) is 2. The van der Waals surface area contributed by atoms with Crippen molar-refractivity contribution in [2.75, 3.05) is 7.05 Å². The summed E-state index contributed by atoms with van der Waals surface area (Å²) in [6.07, 6.45) is 1.03. The molecule has 0 aliphatic carbocycles. The molecule has 0 saturated carbocycles. The van der Waals surface area contributed by atoms with Crippen LogP contribution in [0.5, 0.6) is 0 Å². The standard InChI is InChI=1S/C13H13BrINS/c1-16-13(6-9-4-5-17-8-9)11-7-10(15)2-3-12(11)14/h2-5,7-8,13,16H,6H2,1H3. The van der Waals surface area contributed by atoms with Crippen molar-refractivity contribution in [1.29, 1.82) is 0 Å². The second kappa shape index (κ2) is 6.31. The highest BCUT2D eigenvalue weighted by Gasteiger charge is 2.13. The van der Waals surface area contributed by atoms with Gasteiger partial charge in [-0.25, -0.2) is 0 Å². The molecule has 17 heavy (non-hydrogen) atoms. The Kier molecular flexibility index (Phi) is 5.02. The van der Waals surface area contributed by atoms with Crippen LogP contribution in [0.2, 0.25) is 0 Å². The lowest BCUT2D eigenvalue weighted by molar-refractivity contribution is 0.590. The first kappa shape index (κ1) is 13.5. The zero-order chi connectivity index (χ0) is 12.3. The lowest BCUT2D eigenvalue weighted by atomic mass is 10.0. The molecule has 0 spiro atoms. The highest BCUT2D eigenvalue weighted by molar-refractivity contribution is 14.1. The van der Waals surface area contributed by atoms with Gasteiger partial charge < -0.3 is 5.32 Å². The fourth-order valence-corrected chi connectivity index (χ4v) is 3.51. The van der Waals surface area contributed by atoms with Crippen molar-refractivity contribution in [2.24, 2.45) is 0 Å². The van der Waals surface area contributed by atoms with E-state index in [1.807, 2.05) is 7.05 Å². The molecular weight excluding hydrogens is 409 g/mol. The summed E-state index contributed by atoms with van der Waals surface area (Å²) in [5, 5.41) is 7.74. The summed E-state index contributed by atoms with van der Waals surface area (Å²) >= 11 is 7.74. The highest BCUT2D eigenvalue weighted by atomic mass is 127. The topological polar surface area (TPSA) is 12.0 Å². The molecule has 0 fully saturated rings. The van der Waals surface area contributed by atoms with Crippen molar-refractivity contribution in [3.05, 3.63) is 54.2 Å². The van der Waals surface area contributed by atoms with Crippen LogP contribution in [-0.2, 0) is 6.42 Å². The van der Waals surface area contributed by atoms with Crippen LogP contribution in [0, 0.1) is 3.57 Å². The van der Waals surface area contributed by atoms with E-state index >= 15 is 0 Å². The fraction of sp³-hybridized carbons (Fsp3) is 0.231. The Morgan fingerprint density at radius 3 is 2.88 bits per heavy atom. The van der Waals surface area contributed by atoms with Crippen molar-refractivity contribution in [2.45, 2.75) is 12.5 Å². The van der Waals surface area contributed by atoms with Crippen molar-refractivity contribution >= 4 is 49.9 Å². The maximum atomic E-state index is 3.64. The second-order valence-electron chi connectivity index (χ2n) is 3.84. The Labute approximate surface area is 128 Å². The number of hydrogen-bond donors (Lipinski definition) is 1. The van der Waals surface area contributed by atoms with E-state index in [0.29, 0.717) is 6.04 Å². The van der Waals surface area contributed by atoms with Gasteiger partial charge in [-0.1, -0.05) is 15.9 Å². The van der Waals surface area contributed by atoms with Crippen molar-refractivity contribution in [3.8, 4) is 0 Å². The van der Waals surface area contributed by atoms with Gasteiger partial charge in [0.05, 0.1) is 0 Å². The number of rotatable bonds is 4. The van der Waals surface area contributed by atoms with Gasteiger partial charge >= 0.3 is 0 Å². The van der Waals surface area contributed by atoms with E-state index in [9.17, 15) is 0 Å². The van der Waals surface area contributed by atoms with Crippen LogP contribution in [0.3, 0.4) is 0 Å². The molecule has 1 atom stereocenters. The van der Waals surface area contributed by atoms with E-state index in [1.54, 1.807) is 11.3 Å². The van der Waals surface area contributed by atoms with E-state index < -0.39 is 0 Å². The van der Waals surface area contributed by atoms with Crippen LogP contribution in [0.4, 0.5) is 0 Å². The summed E-state index contributed by atoms with van der Waals surface area (Å²) in [6.45, 7) is 0. The molecule has 2 aromatic rings. The fourth-order valence-electron chi connectivity index (χ4n) is 1.79. The number of halogens is 2. The predicted octanol–water partition coefficient (Wildman–Crippen LogP) is 4.62. The summed E-state index contributed by atoms with van der Waals surface area (Å²) in [7, 11) is 2.02. The molecule has 90 valence electrons. The van der Waals surface area contributed by atoms with E-state index in [2.05, 4.69) is 78.9 Å². The molecule has 0 radical (unpaired) electrons. The lowest BCUT2D eigenvalue weighted by Gasteiger charge is -2.18. The maximum Gasteiger partial charge on any atom is 0.0370 e. The summed E-state index contributed by atoms with van der Waals surface area (Å²) in [5.41, 5.74) is 2.71. The normalized spacial score (nSPS) is 12.6. The van der Waals surface area contributed by atoms with Crippen LogP contribution in [0.15, 0.2) is 39.5 Å².